The molecule has 24 heavy (non-hydrogen) atoms. The predicted molar refractivity (Wildman–Crippen MR) is 93.9 cm³/mol. The number of aromatic amines is 1. The van der Waals surface area contributed by atoms with E-state index >= 15 is 0 Å². The maximum atomic E-state index is 12.9. The van der Waals surface area contributed by atoms with Crippen LogP contribution in [0, 0.1) is 0 Å². The molecule has 0 spiro atoms. The van der Waals surface area contributed by atoms with E-state index < -0.39 is 0 Å². The zero-order valence-electron chi connectivity index (χ0n) is 13.5. The van der Waals surface area contributed by atoms with Crippen LogP contribution in [0.2, 0.25) is 5.02 Å². The molecule has 6 heteroatoms. The van der Waals surface area contributed by atoms with E-state index in [1.807, 2.05) is 48.7 Å². The Hall–Kier alpha value is -2.27. The second-order valence-electron chi connectivity index (χ2n) is 6.37. The maximum absolute atomic E-state index is 12.9. The predicted octanol–water partition coefficient (Wildman–Crippen LogP) is 3.46. The minimum Gasteiger partial charge on any atom is -0.361 e. The molecule has 5 nitrogen and oxygen atoms in total. The van der Waals surface area contributed by atoms with Crippen molar-refractivity contribution in [1.29, 1.82) is 0 Å². The molecule has 1 aliphatic rings. The van der Waals surface area contributed by atoms with Crippen LogP contribution in [0.15, 0.2) is 36.8 Å². The van der Waals surface area contributed by atoms with Crippen LogP contribution < -0.4 is 0 Å². The Kier molecular flexibility index (Phi) is 3.81. The number of nitrogens with one attached hydrogen (secondary N) is 1. The number of amides is 1. The van der Waals surface area contributed by atoms with Gasteiger partial charge in [-0.15, -0.1) is 0 Å². The van der Waals surface area contributed by atoms with Gasteiger partial charge in [0.25, 0.3) is 0 Å². The molecule has 4 rings (SSSR count). The molecule has 3 aromatic rings. The average molecular weight is 343 g/mol. The Labute approximate surface area is 145 Å². The highest BCUT2D eigenvalue weighted by atomic mass is 35.5. The van der Waals surface area contributed by atoms with Gasteiger partial charge in [-0.25, -0.2) is 0 Å². The summed E-state index contributed by atoms with van der Waals surface area (Å²) in [7, 11) is 1.90. The fourth-order valence-electron chi connectivity index (χ4n) is 3.59. The highest BCUT2D eigenvalue weighted by molar-refractivity contribution is 6.31. The van der Waals surface area contributed by atoms with E-state index in [0.29, 0.717) is 11.4 Å². The van der Waals surface area contributed by atoms with E-state index in [-0.39, 0.29) is 11.9 Å². The zero-order chi connectivity index (χ0) is 16.7. The number of hydrogen-bond donors (Lipinski definition) is 1. The number of halogens is 1. The zero-order valence-corrected chi connectivity index (χ0v) is 14.3. The number of rotatable bonds is 3. The van der Waals surface area contributed by atoms with Gasteiger partial charge >= 0.3 is 0 Å². The first-order chi connectivity index (χ1) is 11.6. The topological polar surface area (TPSA) is 53.9 Å². The van der Waals surface area contributed by atoms with Gasteiger partial charge in [0, 0.05) is 47.5 Å². The Morgan fingerprint density at radius 2 is 2.33 bits per heavy atom. The number of nitrogens with zero attached hydrogens (tertiary/aromatic N) is 3. The molecule has 1 saturated heterocycles. The van der Waals surface area contributed by atoms with E-state index in [1.54, 1.807) is 4.68 Å². The number of H-pyrrole nitrogens is 1. The van der Waals surface area contributed by atoms with Crippen molar-refractivity contribution < 1.29 is 4.79 Å². The third-order valence-corrected chi connectivity index (χ3v) is 4.99. The van der Waals surface area contributed by atoms with Crippen LogP contribution in [0.25, 0.3) is 10.9 Å². The van der Waals surface area contributed by atoms with Crippen molar-refractivity contribution in [3.05, 3.63) is 52.9 Å². The van der Waals surface area contributed by atoms with Gasteiger partial charge in [-0.3, -0.25) is 9.48 Å². The second kappa shape index (κ2) is 5.98. The van der Waals surface area contributed by atoms with Gasteiger partial charge in [-0.1, -0.05) is 17.7 Å². The summed E-state index contributed by atoms with van der Waals surface area (Å²) in [5.74, 6) is 0.164. The molecule has 0 aliphatic carbocycles. The van der Waals surface area contributed by atoms with Crippen LogP contribution in [0.4, 0.5) is 0 Å². The summed E-state index contributed by atoms with van der Waals surface area (Å²) in [6.45, 7) is 0.812. The molecule has 1 amide bonds. The van der Waals surface area contributed by atoms with E-state index in [2.05, 4.69) is 10.1 Å². The SMILES string of the molecule is Cn1cc(C2CCCN2C(=O)Cc2c[nH]c3cc(Cl)ccc23)cn1. The van der Waals surface area contributed by atoms with Crippen molar-refractivity contribution >= 4 is 28.4 Å². The fraction of sp³-hybridized carbons (Fsp3) is 0.333. The number of aromatic nitrogens is 3. The van der Waals surface area contributed by atoms with Crippen LogP contribution in [-0.2, 0) is 18.3 Å². The molecule has 1 atom stereocenters. The van der Waals surface area contributed by atoms with E-state index in [4.69, 9.17) is 11.6 Å². The van der Waals surface area contributed by atoms with Crippen molar-refractivity contribution in [2.24, 2.45) is 7.05 Å². The monoisotopic (exact) mass is 342 g/mol. The molecule has 0 bridgehead atoms. The van der Waals surface area contributed by atoms with Crippen LogP contribution >= 0.6 is 11.6 Å². The summed E-state index contributed by atoms with van der Waals surface area (Å²) in [6, 6.07) is 5.87. The van der Waals surface area contributed by atoms with Crippen molar-refractivity contribution in [1.82, 2.24) is 19.7 Å². The summed E-state index contributed by atoms with van der Waals surface area (Å²) >= 11 is 6.02. The molecular weight excluding hydrogens is 324 g/mol. The molecule has 124 valence electrons. The lowest BCUT2D eigenvalue weighted by molar-refractivity contribution is -0.131. The molecule has 1 aliphatic heterocycles. The van der Waals surface area contributed by atoms with Crippen molar-refractivity contribution in [2.45, 2.75) is 25.3 Å². The van der Waals surface area contributed by atoms with Gasteiger partial charge in [0.2, 0.25) is 5.91 Å². The minimum atomic E-state index is 0.144. The number of carbonyl (C=O) groups excluding carboxylic acids is 1. The number of aryl methyl sites for hydroxylation is 1. The van der Waals surface area contributed by atoms with Gasteiger partial charge in [-0.2, -0.15) is 5.10 Å². The summed E-state index contributed by atoms with van der Waals surface area (Å²) in [5, 5.41) is 5.99. The molecular formula is C18H19ClN4O. The average Bonchev–Trinajstić information content (AvgIpc) is 3.26. The standard InChI is InChI=1S/C18H19ClN4O/c1-22-11-13(10-21-22)17-3-2-6-23(17)18(24)7-12-9-20-16-8-14(19)4-5-15(12)16/h4-5,8-11,17,20H,2-3,6-7H2,1H3. The van der Waals surface area contributed by atoms with Crippen LogP contribution in [-0.4, -0.2) is 32.1 Å². The summed E-state index contributed by atoms with van der Waals surface area (Å²) in [5.41, 5.74) is 3.10. The lowest BCUT2D eigenvalue weighted by Gasteiger charge is -2.24. The molecule has 1 N–H and O–H groups in total. The maximum Gasteiger partial charge on any atom is 0.227 e. The smallest absolute Gasteiger partial charge is 0.227 e. The fourth-order valence-corrected chi connectivity index (χ4v) is 3.77. The second-order valence-corrected chi connectivity index (χ2v) is 6.81. The number of fused-ring (bicyclic) bond motifs is 1. The first kappa shape index (κ1) is 15.3. The van der Waals surface area contributed by atoms with Crippen LogP contribution in [0.5, 0.6) is 0 Å². The first-order valence-electron chi connectivity index (χ1n) is 8.15. The lowest BCUT2D eigenvalue weighted by atomic mass is 10.1. The van der Waals surface area contributed by atoms with Crippen molar-refractivity contribution in [2.75, 3.05) is 6.54 Å². The summed E-state index contributed by atoms with van der Waals surface area (Å²) < 4.78 is 1.79. The van der Waals surface area contributed by atoms with Crippen LogP contribution in [0.1, 0.15) is 30.0 Å². The quantitative estimate of drug-likeness (QED) is 0.792. The Morgan fingerprint density at radius 3 is 3.12 bits per heavy atom. The van der Waals surface area contributed by atoms with Crippen LogP contribution in [0.3, 0.4) is 0 Å². The lowest BCUT2D eigenvalue weighted by Crippen LogP contribution is -2.31. The largest absolute Gasteiger partial charge is 0.361 e. The first-order valence-corrected chi connectivity index (χ1v) is 8.53. The minimum absolute atomic E-state index is 0.144. The normalized spacial score (nSPS) is 17.8. The number of hydrogen-bond acceptors (Lipinski definition) is 2. The Balaban J connectivity index is 1.56. The molecule has 1 unspecified atom stereocenters. The van der Waals surface area contributed by atoms with Crippen molar-refractivity contribution in [3.8, 4) is 0 Å². The van der Waals surface area contributed by atoms with E-state index in [1.165, 1.54) is 0 Å². The molecule has 0 saturated carbocycles. The molecule has 0 radical (unpaired) electrons. The van der Waals surface area contributed by atoms with Gasteiger partial charge in [0.15, 0.2) is 0 Å². The van der Waals surface area contributed by atoms with E-state index in [0.717, 1.165) is 41.4 Å². The third-order valence-electron chi connectivity index (χ3n) is 4.75. The van der Waals surface area contributed by atoms with Crippen molar-refractivity contribution in [3.63, 3.8) is 0 Å². The molecule has 1 fully saturated rings. The highest BCUT2D eigenvalue weighted by Crippen LogP contribution is 2.32. The Morgan fingerprint density at radius 1 is 1.46 bits per heavy atom. The third kappa shape index (κ3) is 2.69. The molecule has 2 aromatic heterocycles. The van der Waals surface area contributed by atoms with Gasteiger partial charge < -0.3 is 9.88 Å². The number of carbonyl (C=O) groups is 1. The Bertz CT molecular complexity index is 897. The molecule has 3 heterocycles. The number of likely N-dealkylation sites (tertiary alicyclic amines) is 1. The summed E-state index contributed by atoms with van der Waals surface area (Å²) in [6.07, 6.45) is 8.22. The van der Waals surface area contributed by atoms with E-state index in [9.17, 15) is 4.79 Å². The van der Waals surface area contributed by atoms with Gasteiger partial charge in [0.05, 0.1) is 18.7 Å². The molecule has 1 aromatic carbocycles. The summed E-state index contributed by atoms with van der Waals surface area (Å²) in [4.78, 5) is 18.1. The number of benzene rings is 1. The van der Waals surface area contributed by atoms with Gasteiger partial charge in [-0.05, 0) is 30.5 Å². The van der Waals surface area contributed by atoms with Gasteiger partial charge in [0.1, 0.15) is 0 Å². The highest BCUT2D eigenvalue weighted by Gasteiger charge is 2.30.